The minimum Gasteiger partial charge on any atom is -0.497 e. The van der Waals surface area contributed by atoms with Crippen molar-refractivity contribution < 1.29 is 19.1 Å². The predicted octanol–water partition coefficient (Wildman–Crippen LogP) is 4.54. The zero-order valence-electron chi connectivity index (χ0n) is 20.6. The topological polar surface area (TPSA) is 71.4 Å². The third-order valence-corrected chi connectivity index (χ3v) is 7.04. The lowest BCUT2D eigenvalue weighted by Gasteiger charge is -2.29. The van der Waals surface area contributed by atoms with Crippen LogP contribution in [0.15, 0.2) is 59.2 Å². The molecule has 0 spiro atoms. The molecule has 0 aromatic heterocycles. The average Bonchev–Trinajstić information content (AvgIpc) is 3.18. The van der Waals surface area contributed by atoms with Crippen LogP contribution in [0.4, 0.5) is 5.69 Å². The number of aliphatic imine (C=N–C) groups is 1. The number of amidine groups is 1. The van der Waals surface area contributed by atoms with Gasteiger partial charge in [-0.3, -0.25) is 14.5 Å². The smallest absolute Gasteiger partial charge is 0.283 e. The predicted molar refractivity (Wildman–Crippen MR) is 141 cm³/mol. The van der Waals surface area contributed by atoms with E-state index in [0.29, 0.717) is 54.5 Å². The summed E-state index contributed by atoms with van der Waals surface area (Å²) in [5, 5.41) is 0.0693. The molecule has 0 bridgehead atoms. The first-order chi connectivity index (χ1) is 16.9. The van der Waals surface area contributed by atoms with Crippen molar-refractivity contribution in [2.45, 2.75) is 31.9 Å². The van der Waals surface area contributed by atoms with Crippen molar-refractivity contribution in [3.05, 3.63) is 65.4 Å². The lowest BCUT2D eigenvalue weighted by Crippen LogP contribution is -2.44. The standard InChI is InChI=1S/C27H31N3O4S/c1-18(2)21-10-8-20(9-11-21)16-24-26(32)30(22-6-5-7-23(17-22)33-4)27(28-24)35-19(3)25(31)29-12-14-34-15-13-29/h5-11,16-19H,12-15H2,1-4H3/b24-16+. The second kappa shape index (κ2) is 11.1. The molecule has 1 unspecified atom stereocenters. The van der Waals surface area contributed by atoms with Crippen molar-refractivity contribution in [2.75, 3.05) is 38.3 Å². The summed E-state index contributed by atoms with van der Waals surface area (Å²) in [6.45, 7) is 8.38. The van der Waals surface area contributed by atoms with Crippen LogP contribution in [0.25, 0.3) is 6.08 Å². The summed E-state index contributed by atoms with van der Waals surface area (Å²) in [6.07, 6.45) is 1.79. The molecule has 0 saturated carbocycles. The van der Waals surface area contributed by atoms with Crippen LogP contribution in [0.3, 0.4) is 0 Å². The number of amides is 2. The molecular weight excluding hydrogens is 462 g/mol. The second-order valence-corrected chi connectivity index (χ2v) is 10.1. The molecule has 1 fully saturated rings. The Bertz CT molecular complexity index is 1140. The Kier molecular flexibility index (Phi) is 7.93. The summed E-state index contributed by atoms with van der Waals surface area (Å²) in [4.78, 5) is 34.6. The van der Waals surface area contributed by atoms with Gasteiger partial charge in [0.25, 0.3) is 5.91 Å². The van der Waals surface area contributed by atoms with Crippen LogP contribution in [-0.2, 0) is 14.3 Å². The SMILES string of the molecule is COc1cccc(N2C(=O)/C(=C\c3ccc(C(C)C)cc3)N=C2SC(C)C(=O)N2CCOCC2)c1. The van der Waals surface area contributed by atoms with Gasteiger partial charge in [0.2, 0.25) is 5.91 Å². The number of carbonyl (C=O) groups excluding carboxylic acids is 2. The number of ether oxygens (including phenoxy) is 2. The Morgan fingerprint density at radius 3 is 2.49 bits per heavy atom. The highest BCUT2D eigenvalue weighted by Crippen LogP contribution is 2.33. The zero-order valence-corrected chi connectivity index (χ0v) is 21.4. The fourth-order valence-electron chi connectivity index (χ4n) is 3.94. The number of morpholine rings is 1. The number of methoxy groups -OCH3 is 1. The Labute approximate surface area is 210 Å². The van der Waals surface area contributed by atoms with E-state index in [0.717, 1.165) is 5.56 Å². The number of anilines is 1. The quantitative estimate of drug-likeness (QED) is 0.553. The minimum atomic E-state index is -0.405. The maximum Gasteiger partial charge on any atom is 0.283 e. The first-order valence-electron chi connectivity index (χ1n) is 11.8. The molecule has 2 aromatic carbocycles. The monoisotopic (exact) mass is 493 g/mol. The van der Waals surface area contributed by atoms with Gasteiger partial charge in [-0.15, -0.1) is 0 Å². The van der Waals surface area contributed by atoms with Crippen LogP contribution >= 0.6 is 11.8 Å². The molecule has 2 heterocycles. The molecule has 2 aliphatic heterocycles. The van der Waals surface area contributed by atoms with Gasteiger partial charge in [0.1, 0.15) is 11.4 Å². The van der Waals surface area contributed by atoms with E-state index in [1.807, 2.05) is 37.3 Å². The summed E-state index contributed by atoms with van der Waals surface area (Å²) in [7, 11) is 1.59. The van der Waals surface area contributed by atoms with E-state index in [1.54, 1.807) is 29.1 Å². The lowest BCUT2D eigenvalue weighted by atomic mass is 10.0. The summed E-state index contributed by atoms with van der Waals surface area (Å²) < 4.78 is 10.7. The summed E-state index contributed by atoms with van der Waals surface area (Å²) >= 11 is 1.29. The number of carbonyl (C=O) groups is 2. The van der Waals surface area contributed by atoms with Gasteiger partial charge in [-0.25, -0.2) is 4.99 Å². The van der Waals surface area contributed by atoms with Crippen molar-refractivity contribution in [1.82, 2.24) is 4.90 Å². The van der Waals surface area contributed by atoms with Crippen molar-refractivity contribution in [3.8, 4) is 5.75 Å². The van der Waals surface area contributed by atoms with Crippen molar-refractivity contribution >= 4 is 40.5 Å². The molecule has 35 heavy (non-hydrogen) atoms. The molecular formula is C27H31N3O4S. The van der Waals surface area contributed by atoms with Gasteiger partial charge in [0, 0.05) is 19.2 Å². The number of rotatable bonds is 6. The van der Waals surface area contributed by atoms with Gasteiger partial charge >= 0.3 is 0 Å². The van der Waals surface area contributed by atoms with Gasteiger partial charge in [0.15, 0.2) is 5.17 Å². The van der Waals surface area contributed by atoms with Crippen molar-refractivity contribution in [1.29, 1.82) is 0 Å². The molecule has 2 aromatic rings. The van der Waals surface area contributed by atoms with E-state index in [4.69, 9.17) is 9.47 Å². The lowest BCUT2D eigenvalue weighted by molar-refractivity contribution is -0.134. The summed E-state index contributed by atoms with van der Waals surface area (Å²) in [6, 6.07) is 15.4. The third-order valence-electron chi connectivity index (χ3n) is 6.00. The number of hydrogen-bond acceptors (Lipinski definition) is 6. The van der Waals surface area contributed by atoms with Gasteiger partial charge < -0.3 is 14.4 Å². The summed E-state index contributed by atoms with van der Waals surface area (Å²) in [5.74, 6) is 0.846. The molecule has 4 rings (SSSR count). The van der Waals surface area contributed by atoms with Crippen LogP contribution < -0.4 is 9.64 Å². The fourth-order valence-corrected chi connectivity index (χ4v) is 4.95. The van der Waals surface area contributed by atoms with E-state index in [-0.39, 0.29) is 11.8 Å². The normalized spacial score (nSPS) is 18.3. The second-order valence-electron chi connectivity index (χ2n) is 8.79. The largest absolute Gasteiger partial charge is 0.497 e. The number of thioether (sulfide) groups is 1. The van der Waals surface area contributed by atoms with Crippen LogP contribution in [0.1, 0.15) is 37.8 Å². The maximum absolute atomic E-state index is 13.5. The van der Waals surface area contributed by atoms with Crippen LogP contribution in [-0.4, -0.2) is 60.5 Å². The minimum absolute atomic E-state index is 0.0146. The Morgan fingerprint density at radius 1 is 1.11 bits per heavy atom. The fraction of sp³-hybridized carbons (Fsp3) is 0.370. The van der Waals surface area contributed by atoms with Gasteiger partial charge in [-0.1, -0.05) is 55.9 Å². The Morgan fingerprint density at radius 2 is 1.83 bits per heavy atom. The molecule has 1 atom stereocenters. The average molecular weight is 494 g/mol. The van der Waals surface area contributed by atoms with Gasteiger partial charge in [-0.05, 0) is 42.2 Å². The maximum atomic E-state index is 13.5. The highest BCUT2D eigenvalue weighted by atomic mass is 32.2. The van der Waals surface area contributed by atoms with E-state index in [2.05, 4.69) is 31.0 Å². The third kappa shape index (κ3) is 5.77. The van der Waals surface area contributed by atoms with E-state index < -0.39 is 5.25 Å². The zero-order chi connectivity index (χ0) is 24.9. The van der Waals surface area contributed by atoms with E-state index in [1.165, 1.54) is 17.3 Å². The molecule has 0 aliphatic carbocycles. The first kappa shape index (κ1) is 25.0. The van der Waals surface area contributed by atoms with Crippen LogP contribution in [0.5, 0.6) is 5.75 Å². The molecule has 7 nitrogen and oxygen atoms in total. The Balaban J connectivity index is 1.64. The van der Waals surface area contributed by atoms with Crippen molar-refractivity contribution in [3.63, 3.8) is 0 Å². The number of hydrogen-bond donors (Lipinski definition) is 0. The number of benzene rings is 2. The molecule has 8 heteroatoms. The van der Waals surface area contributed by atoms with Gasteiger partial charge in [-0.2, -0.15) is 0 Å². The number of nitrogens with zero attached hydrogens (tertiary/aromatic N) is 3. The molecule has 2 aliphatic rings. The highest BCUT2D eigenvalue weighted by molar-refractivity contribution is 8.15. The molecule has 184 valence electrons. The van der Waals surface area contributed by atoms with E-state index in [9.17, 15) is 9.59 Å². The van der Waals surface area contributed by atoms with Crippen LogP contribution in [0, 0.1) is 0 Å². The molecule has 2 amide bonds. The van der Waals surface area contributed by atoms with Crippen molar-refractivity contribution in [2.24, 2.45) is 4.99 Å². The van der Waals surface area contributed by atoms with E-state index >= 15 is 0 Å². The molecule has 1 saturated heterocycles. The summed E-state index contributed by atoms with van der Waals surface area (Å²) in [5.41, 5.74) is 3.11. The molecule has 0 radical (unpaired) electrons. The Hall–Kier alpha value is -3.10. The van der Waals surface area contributed by atoms with Crippen LogP contribution in [0.2, 0.25) is 0 Å². The molecule has 0 N–H and O–H groups in total. The van der Waals surface area contributed by atoms with Gasteiger partial charge in [0.05, 0.1) is 31.3 Å². The highest BCUT2D eigenvalue weighted by Gasteiger charge is 2.35. The first-order valence-corrected chi connectivity index (χ1v) is 12.7.